The molecule has 3 fully saturated rings. The van der Waals surface area contributed by atoms with E-state index in [1.165, 1.54) is 11.3 Å². The smallest absolute Gasteiger partial charge is 0.219 e. The standard InChI is InChI=1S/C31H38N8O2S/c1-16(21-7-5-11-38(21)2)40-24-12-23(39-14-19-20(15-39)26(19)33)35-30(36-24)27-17-6-3-9-31(28(17)41-37-27)10-4-8-22-25(31)18(13-32)29(34)42-22/h12,16,19-21,26H,3-11,14-15,33-34H2,1-2H3/t16-,19-,20+,21-,26+,31-/m0/s1. The van der Waals surface area contributed by atoms with Gasteiger partial charge in [0.1, 0.15) is 23.0 Å². The largest absolute Gasteiger partial charge is 0.473 e. The molecule has 2 saturated heterocycles. The van der Waals surface area contributed by atoms with Crippen molar-refractivity contribution in [2.45, 2.75) is 81.9 Å². The van der Waals surface area contributed by atoms with Crippen LogP contribution in [0, 0.1) is 23.2 Å². The minimum Gasteiger partial charge on any atom is -0.473 e. The van der Waals surface area contributed by atoms with Crippen LogP contribution in [-0.2, 0) is 18.3 Å². The van der Waals surface area contributed by atoms with Crippen LogP contribution in [0.3, 0.4) is 0 Å². The summed E-state index contributed by atoms with van der Waals surface area (Å²) in [4.78, 5) is 15.9. The molecule has 0 radical (unpaired) electrons. The third-order valence-electron chi connectivity index (χ3n) is 10.8. The predicted octanol–water partition coefficient (Wildman–Crippen LogP) is 3.86. The first kappa shape index (κ1) is 26.4. The summed E-state index contributed by atoms with van der Waals surface area (Å²) in [7, 11) is 2.17. The number of hydrogen-bond acceptors (Lipinski definition) is 11. The molecule has 3 aromatic rings. The number of aryl methyl sites for hydroxylation is 1. The van der Waals surface area contributed by atoms with Gasteiger partial charge < -0.3 is 25.6 Å². The minimum absolute atomic E-state index is 0.00268. The molecule has 0 amide bonds. The summed E-state index contributed by atoms with van der Waals surface area (Å²) in [6.07, 6.45) is 7.94. The molecule has 5 aliphatic rings. The molecule has 2 aliphatic heterocycles. The Balaban J connectivity index is 1.20. The highest BCUT2D eigenvalue weighted by molar-refractivity contribution is 7.16. The summed E-state index contributed by atoms with van der Waals surface area (Å²) in [5.41, 5.74) is 15.7. The zero-order valence-corrected chi connectivity index (χ0v) is 25.1. The summed E-state index contributed by atoms with van der Waals surface area (Å²) in [5, 5.41) is 15.3. The maximum Gasteiger partial charge on any atom is 0.219 e. The molecule has 0 unspecified atom stereocenters. The lowest BCUT2D eigenvalue weighted by Crippen LogP contribution is -2.38. The Hall–Kier alpha value is -3.20. The van der Waals surface area contributed by atoms with E-state index in [4.69, 9.17) is 30.7 Å². The lowest BCUT2D eigenvalue weighted by atomic mass is 9.63. The van der Waals surface area contributed by atoms with Crippen molar-refractivity contribution in [1.82, 2.24) is 20.0 Å². The summed E-state index contributed by atoms with van der Waals surface area (Å²) in [6, 6.07) is 5.06. The number of nitrogen functional groups attached to an aromatic ring is 1. The van der Waals surface area contributed by atoms with Gasteiger partial charge in [0.15, 0.2) is 17.3 Å². The van der Waals surface area contributed by atoms with Gasteiger partial charge in [-0.1, -0.05) is 5.16 Å². The number of piperidine rings is 1. The number of nitrogens with two attached hydrogens (primary N) is 2. The molecule has 10 nitrogen and oxygen atoms in total. The van der Waals surface area contributed by atoms with Crippen molar-refractivity contribution in [1.29, 1.82) is 5.26 Å². The van der Waals surface area contributed by atoms with E-state index < -0.39 is 0 Å². The summed E-state index contributed by atoms with van der Waals surface area (Å²) in [5.74, 6) is 3.92. The number of nitrogens with zero attached hydrogens (tertiary/aromatic N) is 6. The normalized spacial score (nSPS) is 30.6. The van der Waals surface area contributed by atoms with E-state index in [0.717, 1.165) is 87.3 Å². The first-order valence-electron chi connectivity index (χ1n) is 15.5. The third kappa shape index (κ3) is 3.91. The number of hydrogen-bond donors (Lipinski definition) is 2. The zero-order chi connectivity index (χ0) is 28.7. The number of aromatic nitrogens is 3. The molecule has 6 atom stereocenters. The fraction of sp³-hybridized carbons (Fsp3) is 0.613. The predicted molar refractivity (Wildman–Crippen MR) is 161 cm³/mol. The average molecular weight is 587 g/mol. The second kappa shape index (κ2) is 9.66. The fourth-order valence-electron chi connectivity index (χ4n) is 8.52. The lowest BCUT2D eigenvalue weighted by molar-refractivity contribution is 0.117. The zero-order valence-electron chi connectivity index (χ0n) is 24.3. The second-order valence-electron chi connectivity index (χ2n) is 13.1. The molecule has 0 bridgehead atoms. The molecule has 1 spiro atoms. The Labute approximate surface area is 250 Å². The van der Waals surface area contributed by atoms with Crippen molar-refractivity contribution < 1.29 is 9.26 Å². The van der Waals surface area contributed by atoms with Gasteiger partial charge in [0.25, 0.3) is 0 Å². The van der Waals surface area contributed by atoms with Crippen LogP contribution in [0.4, 0.5) is 10.8 Å². The summed E-state index contributed by atoms with van der Waals surface area (Å²) in [6.45, 7) is 5.04. The van der Waals surface area contributed by atoms with E-state index in [2.05, 4.69) is 35.0 Å². The second-order valence-corrected chi connectivity index (χ2v) is 14.2. The Morgan fingerprint density at radius 3 is 2.71 bits per heavy atom. The minimum atomic E-state index is -0.378. The molecule has 5 heterocycles. The molecule has 3 aromatic heterocycles. The van der Waals surface area contributed by atoms with Crippen LogP contribution >= 0.6 is 11.3 Å². The number of rotatable bonds is 5. The number of anilines is 2. The summed E-state index contributed by atoms with van der Waals surface area (Å²) < 4.78 is 12.8. The third-order valence-corrected chi connectivity index (χ3v) is 11.8. The van der Waals surface area contributed by atoms with Gasteiger partial charge >= 0.3 is 0 Å². The first-order chi connectivity index (χ1) is 20.4. The highest BCUT2D eigenvalue weighted by Crippen LogP contribution is 2.55. The van der Waals surface area contributed by atoms with Crippen LogP contribution in [0.15, 0.2) is 10.6 Å². The van der Waals surface area contributed by atoms with E-state index in [1.54, 1.807) is 11.3 Å². The van der Waals surface area contributed by atoms with Crippen molar-refractivity contribution in [2.75, 3.05) is 37.3 Å². The number of thiophene rings is 1. The van der Waals surface area contributed by atoms with E-state index in [-0.39, 0.29) is 11.5 Å². The van der Waals surface area contributed by atoms with Crippen molar-refractivity contribution in [3.63, 3.8) is 0 Å². The van der Waals surface area contributed by atoms with Crippen molar-refractivity contribution in [3.05, 3.63) is 33.4 Å². The molecule has 42 heavy (non-hydrogen) atoms. The van der Waals surface area contributed by atoms with Gasteiger partial charge in [0.05, 0.1) is 11.0 Å². The maximum atomic E-state index is 10.1. The Bertz CT molecular complexity index is 1580. The Morgan fingerprint density at radius 2 is 1.98 bits per heavy atom. The highest BCUT2D eigenvalue weighted by atomic mass is 32.1. The van der Waals surface area contributed by atoms with Crippen LogP contribution < -0.4 is 21.1 Å². The van der Waals surface area contributed by atoms with Crippen molar-refractivity contribution >= 4 is 22.2 Å². The molecule has 8 rings (SSSR count). The average Bonchev–Trinajstić information content (AvgIpc) is 3.57. The number of likely N-dealkylation sites (N-methyl/N-ethyl adjacent to an activating group) is 1. The fourth-order valence-corrected chi connectivity index (χ4v) is 9.68. The molecule has 11 heteroatoms. The van der Waals surface area contributed by atoms with Gasteiger partial charge in [-0.25, -0.2) is 4.98 Å². The highest BCUT2D eigenvalue weighted by Gasteiger charge is 2.54. The quantitative estimate of drug-likeness (QED) is 0.452. The van der Waals surface area contributed by atoms with Crippen LogP contribution in [0.1, 0.15) is 72.8 Å². The first-order valence-corrected chi connectivity index (χ1v) is 16.3. The van der Waals surface area contributed by atoms with E-state index >= 15 is 0 Å². The number of fused-ring (bicyclic) bond motifs is 5. The SMILES string of the molecule is C[C@H](Oc1cc(N2C[C@@H]3[C@@H](N)[C@@H]3C2)nc(-c2noc3c2CCC[C@@]32CCCc3sc(N)c(C#N)c32)n1)[C@@H]1CCCN1C. The maximum absolute atomic E-state index is 10.1. The van der Waals surface area contributed by atoms with Gasteiger partial charge in [-0.05, 0) is 89.3 Å². The van der Waals surface area contributed by atoms with E-state index in [1.807, 2.05) is 6.07 Å². The Kier molecular flexibility index (Phi) is 6.08. The molecular formula is C31H38N8O2S. The number of nitriles is 1. The van der Waals surface area contributed by atoms with Crippen LogP contribution in [0.25, 0.3) is 11.5 Å². The molecule has 1 saturated carbocycles. The van der Waals surface area contributed by atoms with Crippen LogP contribution in [-0.4, -0.2) is 64.9 Å². The van der Waals surface area contributed by atoms with Gasteiger partial charge in [0.2, 0.25) is 5.88 Å². The molecule has 0 aromatic carbocycles. The molecule has 4 N–H and O–H groups in total. The molecular weight excluding hydrogens is 548 g/mol. The van der Waals surface area contributed by atoms with Crippen LogP contribution in [0.5, 0.6) is 5.88 Å². The topological polar surface area (TPSA) is 143 Å². The van der Waals surface area contributed by atoms with Crippen molar-refractivity contribution in [2.24, 2.45) is 17.6 Å². The van der Waals surface area contributed by atoms with Crippen molar-refractivity contribution in [3.8, 4) is 23.5 Å². The summed E-state index contributed by atoms with van der Waals surface area (Å²) >= 11 is 1.56. The molecule has 220 valence electrons. The van der Waals surface area contributed by atoms with Gasteiger partial charge in [-0.15, -0.1) is 11.3 Å². The Morgan fingerprint density at radius 1 is 1.19 bits per heavy atom. The van der Waals surface area contributed by atoms with Crippen LogP contribution in [0.2, 0.25) is 0 Å². The van der Waals surface area contributed by atoms with Gasteiger partial charge in [-0.3, -0.25) is 4.90 Å². The van der Waals surface area contributed by atoms with E-state index in [9.17, 15) is 5.26 Å². The van der Waals surface area contributed by atoms with E-state index in [0.29, 0.717) is 51.9 Å². The monoisotopic (exact) mass is 586 g/mol. The number of likely N-dealkylation sites (tertiary alicyclic amines) is 1. The molecule has 3 aliphatic carbocycles. The number of ether oxygens (including phenoxy) is 1. The van der Waals surface area contributed by atoms with Gasteiger partial charge in [-0.2, -0.15) is 10.2 Å². The van der Waals surface area contributed by atoms with Gasteiger partial charge in [0, 0.05) is 41.7 Å². The lowest BCUT2D eigenvalue weighted by Gasteiger charge is -2.39.